The zero-order chi connectivity index (χ0) is 18.8. The highest BCUT2D eigenvalue weighted by Gasteiger charge is 2.28. The maximum atomic E-state index is 12.9. The molecule has 2 heterocycles. The van der Waals surface area contributed by atoms with Crippen LogP contribution in [0.5, 0.6) is 0 Å². The van der Waals surface area contributed by atoms with Crippen LogP contribution in [-0.4, -0.2) is 46.4 Å². The Hall–Kier alpha value is -1.99. The molecule has 0 bridgehead atoms. The molecule has 3 rings (SSSR count). The van der Waals surface area contributed by atoms with Crippen molar-refractivity contribution in [1.82, 2.24) is 9.78 Å². The highest BCUT2D eigenvalue weighted by Crippen LogP contribution is 2.31. The lowest BCUT2D eigenvalue weighted by molar-refractivity contribution is 0.0600. The maximum absolute atomic E-state index is 12.9. The van der Waals surface area contributed by atoms with Crippen LogP contribution in [0, 0.1) is 0 Å². The lowest BCUT2D eigenvalue weighted by Gasteiger charge is -2.39. The number of aromatic nitrogens is 2. The Kier molecular flexibility index (Phi) is 5.58. The van der Waals surface area contributed by atoms with Gasteiger partial charge in [0.2, 0.25) is 0 Å². The predicted molar refractivity (Wildman–Crippen MR) is 105 cm³/mol. The summed E-state index contributed by atoms with van der Waals surface area (Å²) >= 11 is 8.32. The molecule has 6 nitrogen and oxygen atoms in total. The third-order valence-electron chi connectivity index (χ3n) is 4.63. The SMILES string of the molecule is COC(=O)c1ccccc1-n1ncc(N2CCSC(C)C2C)c(Cl)c1=O. The van der Waals surface area contributed by atoms with Crippen LogP contribution >= 0.6 is 23.4 Å². The van der Waals surface area contributed by atoms with Crippen LogP contribution in [0.1, 0.15) is 24.2 Å². The number of hydrogen-bond donors (Lipinski definition) is 0. The molecule has 2 aromatic rings. The zero-order valence-electron chi connectivity index (χ0n) is 14.8. The lowest BCUT2D eigenvalue weighted by atomic mass is 10.1. The fourth-order valence-corrected chi connectivity index (χ4v) is 4.35. The molecule has 1 fully saturated rings. The van der Waals surface area contributed by atoms with E-state index in [1.54, 1.807) is 30.5 Å². The van der Waals surface area contributed by atoms with Crippen molar-refractivity contribution in [3.63, 3.8) is 0 Å². The van der Waals surface area contributed by atoms with Crippen LogP contribution in [0.15, 0.2) is 35.3 Å². The fourth-order valence-electron chi connectivity index (χ4n) is 3.01. The molecular weight excluding hydrogens is 374 g/mol. The van der Waals surface area contributed by atoms with Gasteiger partial charge in [0.1, 0.15) is 5.02 Å². The number of halogens is 1. The Bertz CT molecular complexity index is 886. The summed E-state index contributed by atoms with van der Waals surface area (Å²) in [5.41, 5.74) is 0.764. The molecule has 1 aromatic carbocycles. The first kappa shape index (κ1) is 18.8. The Morgan fingerprint density at radius 2 is 2.04 bits per heavy atom. The predicted octanol–water partition coefficient (Wildman–Crippen LogP) is 3.00. The van der Waals surface area contributed by atoms with Gasteiger partial charge in [-0.25, -0.2) is 4.79 Å². The van der Waals surface area contributed by atoms with E-state index in [-0.39, 0.29) is 16.6 Å². The van der Waals surface area contributed by atoms with Gasteiger partial charge in [-0.05, 0) is 19.1 Å². The molecule has 1 aromatic heterocycles. The first-order valence-electron chi connectivity index (χ1n) is 8.29. The average Bonchev–Trinajstić information content (AvgIpc) is 2.66. The summed E-state index contributed by atoms with van der Waals surface area (Å²) in [6, 6.07) is 6.89. The summed E-state index contributed by atoms with van der Waals surface area (Å²) in [5, 5.41) is 4.82. The van der Waals surface area contributed by atoms with Crippen molar-refractivity contribution in [2.45, 2.75) is 25.1 Å². The first-order valence-corrected chi connectivity index (χ1v) is 9.72. The van der Waals surface area contributed by atoms with Crippen molar-refractivity contribution < 1.29 is 9.53 Å². The molecule has 8 heteroatoms. The Morgan fingerprint density at radius 3 is 2.77 bits per heavy atom. The van der Waals surface area contributed by atoms with Gasteiger partial charge in [0, 0.05) is 23.6 Å². The van der Waals surface area contributed by atoms with Crippen molar-refractivity contribution in [2.24, 2.45) is 0 Å². The molecule has 0 aliphatic carbocycles. The van der Waals surface area contributed by atoms with E-state index in [4.69, 9.17) is 16.3 Å². The number of rotatable bonds is 3. The summed E-state index contributed by atoms with van der Waals surface area (Å²) in [6.07, 6.45) is 1.59. The maximum Gasteiger partial charge on any atom is 0.340 e. The lowest BCUT2D eigenvalue weighted by Crippen LogP contribution is -2.45. The largest absolute Gasteiger partial charge is 0.465 e. The second-order valence-electron chi connectivity index (χ2n) is 6.08. The summed E-state index contributed by atoms with van der Waals surface area (Å²) in [7, 11) is 1.29. The summed E-state index contributed by atoms with van der Waals surface area (Å²) in [4.78, 5) is 27.0. The molecule has 2 unspecified atom stereocenters. The van der Waals surface area contributed by atoms with E-state index < -0.39 is 11.5 Å². The monoisotopic (exact) mass is 393 g/mol. The van der Waals surface area contributed by atoms with Crippen molar-refractivity contribution in [3.05, 3.63) is 51.4 Å². The Morgan fingerprint density at radius 1 is 1.31 bits per heavy atom. The van der Waals surface area contributed by atoms with E-state index in [9.17, 15) is 9.59 Å². The van der Waals surface area contributed by atoms with Gasteiger partial charge in [-0.3, -0.25) is 4.79 Å². The van der Waals surface area contributed by atoms with Gasteiger partial charge in [-0.2, -0.15) is 21.5 Å². The molecule has 0 saturated carbocycles. The molecule has 1 saturated heterocycles. The minimum atomic E-state index is -0.537. The van der Waals surface area contributed by atoms with Crippen molar-refractivity contribution in [1.29, 1.82) is 0 Å². The molecule has 138 valence electrons. The molecule has 2 atom stereocenters. The third kappa shape index (κ3) is 3.33. The van der Waals surface area contributed by atoms with Gasteiger partial charge < -0.3 is 9.64 Å². The topological polar surface area (TPSA) is 64.4 Å². The smallest absolute Gasteiger partial charge is 0.340 e. The number of hydrogen-bond acceptors (Lipinski definition) is 6. The van der Waals surface area contributed by atoms with Crippen LogP contribution in [0.2, 0.25) is 5.02 Å². The number of nitrogens with zero attached hydrogens (tertiary/aromatic N) is 3. The van der Waals surface area contributed by atoms with Gasteiger partial charge in [0.25, 0.3) is 5.56 Å². The second-order valence-corrected chi connectivity index (χ2v) is 7.94. The standard InChI is InChI=1S/C18H20ClN3O3S/c1-11-12(2)26-9-8-21(11)15-10-20-22(17(23)16(15)19)14-7-5-4-6-13(14)18(24)25-3/h4-7,10-12H,8-9H2,1-3H3. The summed E-state index contributed by atoms with van der Waals surface area (Å²) in [6.45, 7) is 5.08. The molecule has 1 aliphatic heterocycles. The fraction of sp³-hybridized carbons (Fsp3) is 0.389. The van der Waals surface area contributed by atoms with E-state index >= 15 is 0 Å². The number of carbonyl (C=O) groups is 1. The molecular formula is C18H20ClN3O3S. The Labute approximate surface area is 161 Å². The summed E-state index contributed by atoms with van der Waals surface area (Å²) in [5.74, 6) is 0.431. The third-order valence-corrected chi connectivity index (χ3v) is 6.32. The number of para-hydroxylation sites is 1. The van der Waals surface area contributed by atoms with E-state index in [1.165, 1.54) is 7.11 Å². The van der Waals surface area contributed by atoms with E-state index in [0.29, 0.717) is 16.6 Å². The van der Waals surface area contributed by atoms with Gasteiger partial charge >= 0.3 is 5.97 Å². The van der Waals surface area contributed by atoms with Crippen LogP contribution in [-0.2, 0) is 4.74 Å². The van der Waals surface area contributed by atoms with Gasteiger partial charge in [0.15, 0.2) is 0 Å². The van der Waals surface area contributed by atoms with Crippen molar-refractivity contribution in [2.75, 3.05) is 24.3 Å². The highest BCUT2D eigenvalue weighted by molar-refractivity contribution is 8.00. The number of anilines is 1. The van der Waals surface area contributed by atoms with Crippen LogP contribution in [0.3, 0.4) is 0 Å². The van der Waals surface area contributed by atoms with Crippen LogP contribution in [0.4, 0.5) is 5.69 Å². The quantitative estimate of drug-likeness (QED) is 0.747. The minimum absolute atomic E-state index is 0.102. The van der Waals surface area contributed by atoms with Crippen molar-refractivity contribution in [3.8, 4) is 5.69 Å². The molecule has 1 aliphatic rings. The summed E-state index contributed by atoms with van der Waals surface area (Å²) < 4.78 is 5.93. The van der Waals surface area contributed by atoms with Gasteiger partial charge in [0.05, 0.1) is 30.2 Å². The van der Waals surface area contributed by atoms with Crippen LogP contribution < -0.4 is 10.5 Å². The number of ether oxygens (including phenoxy) is 1. The minimum Gasteiger partial charge on any atom is -0.465 e. The molecule has 0 N–H and O–H groups in total. The first-order chi connectivity index (χ1) is 12.5. The van der Waals surface area contributed by atoms with Gasteiger partial charge in [-0.15, -0.1) is 0 Å². The van der Waals surface area contributed by atoms with Crippen molar-refractivity contribution >= 4 is 35.0 Å². The van der Waals surface area contributed by atoms with E-state index in [1.807, 2.05) is 11.8 Å². The zero-order valence-corrected chi connectivity index (χ0v) is 16.4. The normalized spacial score (nSPS) is 20.1. The number of thioether (sulfide) groups is 1. The highest BCUT2D eigenvalue weighted by atomic mass is 35.5. The molecule has 0 spiro atoms. The molecule has 0 radical (unpaired) electrons. The van der Waals surface area contributed by atoms with Gasteiger partial charge in [-0.1, -0.05) is 30.7 Å². The average molecular weight is 394 g/mol. The number of carbonyl (C=O) groups excluding carboxylic acids is 1. The Balaban J connectivity index is 2.07. The van der Waals surface area contributed by atoms with E-state index in [0.717, 1.165) is 17.0 Å². The number of benzene rings is 1. The molecule has 0 amide bonds. The van der Waals surface area contributed by atoms with E-state index in [2.05, 4.69) is 23.8 Å². The second kappa shape index (κ2) is 7.72. The number of methoxy groups -OCH3 is 1. The molecule has 26 heavy (non-hydrogen) atoms. The van der Waals surface area contributed by atoms with Crippen LogP contribution in [0.25, 0.3) is 5.69 Å². The number of esters is 1.